The van der Waals surface area contributed by atoms with Crippen LogP contribution in [-0.4, -0.2) is 49.0 Å². The fourth-order valence-corrected chi connectivity index (χ4v) is 5.24. The van der Waals surface area contributed by atoms with E-state index < -0.39 is 9.84 Å². The normalized spacial score (nSPS) is 14.3. The van der Waals surface area contributed by atoms with E-state index in [4.69, 9.17) is 16.3 Å². The summed E-state index contributed by atoms with van der Waals surface area (Å²) in [5, 5.41) is 0.501. The number of hydrogen-bond acceptors (Lipinski definition) is 5. The van der Waals surface area contributed by atoms with E-state index in [-0.39, 0.29) is 28.8 Å². The first-order valence-corrected chi connectivity index (χ1v) is 12.1. The van der Waals surface area contributed by atoms with Crippen LogP contribution in [0, 0.1) is 5.92 Å². The molecule has 0 unspecified atom stereocenters. The second kappa shape index (κ2) is 9.49. The van der Waals surface area contributed by atoms with E-state index in [1.165, 1.54) is 0 Å². The molecule has 7 nitrogen and oxygen atoms in total. The zero-order valence-electron chi connectivity index (χ0n) is 17.5. The number of benzene rings is 1. The Balaban J connectivity index is 1.89. The zero-order valence-corrected chi connectivity index (χ0v) is 19.1. The van der Waals surface area contributed by atoms with Crippen molar-refractivity contribution in [3.05, 3.63) is 46.7 Å². The molecule has 0 aliphatic heterocycles. The molecule has 0 radical (unpaired) electrons. The van der Waals surface area contributed by atoms with Crippen LogP contribution >= 0.6 is 11.6 Å². The molecule has 164 valence electrons. The summed E-state index contributed by atoms with van der Waals surface area (Å²) in [5.41, 5.74) is 1.30. The Kier molecular flexibility index (Phi) is 7.21. The van der Waals surface area contributed by atoms with Crippen molar-refractivity contribution in [1.29, 1.82) is 0 Å². The Morgan fingerprint density at radius 3 is 2.70 bits per heavy atom. The average Bonchev–Trinajstić information content (AvgIpc) is 3.43. The van der Waals surface area contributed by atoms with Gasteiger partial charge in [0.25, 0.3) is 0 Å². The maximum atomic E-state index is 13.1. The Hall–Kier alpha value is -1.90. The number of aromatic nitrogens is 2. The standard InChI is InChI=1S/C21H28ClN3O4S/c1-15(2)25-19(13-24(9-10-29-3)20(26)17-7-8-17)12-23-21(25)30(27,28)14-16-5-4-6-18(22)11-16/h4-6,11-12,15,17H,7-10,13-14H2,1-3H3. The molecule has 1 fully saturated rings. The SMILES string of the molecule is COCCN(Cc1cnc(S(=O)(=O)Cc2cccc(Cl)c2)n1C(C)C)C(=O)C1CC1. The topological polar surface area (TPSA) is 81.5 Å². The van der Waals surface area contributed by atoms with Crippen molar-refractivity contribution in [2.45, 2.75) is 50.2 Å². The van der Waals surface area contributed by atoms with Gasteiger partial charge in [-0.3, -0.25) is 4.79 Å². The number of methoxy groups -OCH3 is 1. The van der Waals surface area contributed by atoms with Gasteiger partial charge in [0.2, 0.25) is 20.9 Å². The van der Waals surface area contributed by atoms with E-state index in [0.29, 0.717) is 36.0 Å². The number of amides is 1. The van der Waals surface area contributed by atoms with Crippen molar-refractivity contribution in [2.75, 3.05) is 20.3 Å². The lowest BCUT2D eigenvalue weighted by Crippen LogP contribution is -2.35. The number of carbonyl (C=O) groups excluding carboxylic acids is 1. The van der Waals surface area contributed by atoms with Crippen molar-refractivity contribution < 1.29 is 17.9 Å². The van der Waals surface area contributed by atoms with Gasteiger partial charge in [0.05, 0.1) is 30.8 Å². The van der Waals surface area contributed by atoms with Crippen LogP contribution in [0.2, 0.25) is 5.02 Å². The minimum Gasteiger partial charge on any atom is -0.383 e. The molecule has 30 heavy (non-hydrogen) atoms. The summed E-state index contributed by atoms with van der Waals surface area (Å²) in [6.07, 6.45) is 3.38. The summed E-state index contributed by atoms with van der Waals surface area (Å²) in [4.78, 5) is 18.7. The summed E-state index contributed by atoms with van der Waals surface area (Å²) >= 11 is 6.00. The molecule has 1 aromatic carbocycles. The number of rotatable bonds is 10. The summed E-state index contributed by atoms with van der Waals surface area (Å²) < 4.78 is 33.1. The summed E-state index contributed by atoms with van der Waals surface area (Å²) in [7, 11) is -2.10. The third-order valence-corrected chi connectivity index (χ3v) is 6.84. The number of sulfone groups is 1. The molecule has 1 aromatic heterocycles. The van der Waals surface area contributed by atoms with Crippen molar-refractivity contribution in [1.82, 2.24) is 14.5 Å². The number of halogens is 1. The number of ether oxygens (including phenoxy) is 1. The van der Waals surface area contributed by atoms with Gasteiger partial charge in [-0.25, -0.2) is 13.4 Å². The van der Waals surface area contributed by atoms with Gasteiger partial charge in [-0.2, -0.15) is 0 Å². The van der Waals surface area contributed by atoms with Crippen molar-refractivity contribution in [3.63, 3.8) is 0 Å². The molecule has 3 rings (SSSR count). The zero-order chi connectivity index (χ0) is 21.9. The number of carbonyl (C=O) groups is 1. The highest BCUT2D eigenvalue weighted by Gasteiger charge is 2.34. The average molecular weight is 454 g/mol. The van der Waals surface area contributed by atoms with Crippen LogP contribution in [0.15, 0.2) is 35.6 Å². The Bertz CT molecular complexity index is 999. The molecular formula is C21H28ClN3O4S. The summed E-state index contributed by atoms with van der Waals surface area (Å²) in [6.45, 7) is 5.00. The van der Waals surface area contributed by atoms with E-state index in [1.807, 2.05) is 13.8 Å². The van der Waals surface area contributed by atoms with Crippen molar-refractivity contribution in [3.8, 4) is 0 Å². The monoisotopic (exact) mass is 453 g/mol. The van der Waals surface area contributed by atoms with Crippen LogP contribution in [-0.2, 0) is 31.7 Å². The lowest BCUT2D eigenvalue weighted by molar-refractivity contribution is -0.133. The highest BCUT2D eigenvalue weighted by Crippen LogP contribution is 2.32. The molecule has 1 amide bonds. The van der Waals surface area contributed by atoms with Gasteiger partial charge in [-0.15, -0.1) is 0 Å². The number of hydrogen-bond donors (Lipinski definition) is 0. The van der Waals surface area contributed by atoms with Gasteiger partial charge in [0.1, 0.15) is 0 Å². The van der Waals surface area contributed by atoms with Gasteiger partial charge >= 0.3 is 0 Å². The molecule has 0 spiro atoms. The summed E-state index contributed by atoms with van der Waals surface area (Å²) in [5.74, 6) is -0.0271. The number of imidazole rings is 1. The molecule has 9 heteroatoms. The van der Waals surface area contributed by atoms with Crippen LogP contribution in [0.25, 0.3) is 0 Å². The van der Waals surface area contributed by atoms with Crippen LogP contribution in [0.4, 0.5) is 0 Å². The maximum absolute atomic E-state index is 13.1. The molecular weight excluding hydrogens is 426 g/mol. The van der Waals surface area contributed by atoms with Gasteiger partial charge in [-0.05, 0) is 44.4 Å². The Morgan fingerprint density at radius 2 is 2.10 bits per heavy atom. The van der Waals surface area contributed by atoms with Gasteiger partial charge in [0, 0.05) is 30.6 Å². The van der Waals surface area contributed by atoms with Gasteiger partial charge in [-0.1, -0.05) is 23.7 Å². The third kappa shape index (κ3) is 5.42. The molecule has 1 saturated carbocycles. The highest BCUT2D eigenvalue weighted by molar-refractivity contribution is 7.90. The van der Waals surface area contributed by atoms with E-state index in [0.717, 1.165) is 12.8 Å². The second-order valence-corrected chi connectivity index (χ2v) is 10.2. The first-order chi connectivity index (χ1) is 14.2. The van der Waals surface area contributed by atoms with Gasteiger partial charge < -0.3 is 14.2 Å². The predicted octanol–water partition coefficient (Wildman–Crippen LogP) is 3.48. The molecule has 0 bridgehead atoms. The smallest absolute Gasteiger partial charge is 0.228 e. The molecule has 2 aromatic rings. The highest BCUT2D eigenvalue weighted by atomic mass is 35.5. The largest absolute Gasteiger partial charge is 0.383 e. The fourth-order valence-electron chi connectivity index (χ4n) is 3.44. The first kappa shape index (κ1) is 22.8. The van der Waals surface area contributed by atoms with Gasteiger partial charge in [0.15, 0.2) is 0 Å². The molecule has 0 saturated heterocycles. The fraction of sp³-hybridized carbons (Fsp3) is 0.524. The molecule has 1 aliphatic carbocycles. The molecule has 0 N–H and O–H groups in total. The summed E-state index contributed by atoms with van der Waals surface area (Å²) in [6, 6.07) is 6.67. The van der Waals surface area contributed by atoms with E-state index in [1.54, 1.807) is 47.0 Å². The van der Waals surface area contributed by atoms with E-state index in [9.17, 15) is 13.2 Å². The van der Waals surface area contributed by atoms with Crippen molar-refractivity contribution >= 4 is 27.3 Å². The lowest BCUT2D eigenvalue weighted by atomic mass is 10.2. The molecule has 1 heterocycles. The van der Waals surface area contributed by atoms with Crippen LogP contribution in [0.5, 0.6) is 0 Å². The quantitative estimate of drug-likeness (QED) is 0.550. The third-order valence-electron chi connectivity index (χ3n) is 5.04. The van der Waals surface area contributed by atoms with E-state index in [2.05, 4.69) is 4.98 Å². The minimum absolute atomic E-state index is 0.0121. The van der Waals surface area contributed by atoms with Crippen molar-refractivity contribution in [2.24, 2.45) is 5.92 Å². The molecule has 0 atom stereocenters. The lowest BCUT2D eigenvalue weighted by Gasteiger charge is -2.24. The van der Waals surface area contributed by atoms with Crippen LogP contribution in [0.3, 0.4) is 0 Å². The molecule has 1 aliphatic rings. The maximum Gasteiger partial charge on any atom is 0.228 e. The minimum atomic E-state index is -3.70. The first-order valence-electron chi connectivity index (χ1n) is 10.0. The Morgan fingerprint density at radius 1 is 1.37 bits per heavy atom. The van der Waals surface area contributed by atoms with Crippen LogP contribution < -0.4 is 0 Å². The Labute approximate surface area is 182 Å². The number of nitrogens with zero attached hydrogens (tertiary/aromatic N) is 3. The predicted molar refractivity (Wildman–Crippen MR) is 115 cm³/mol. The second-order valence-electron chi connectivity index (χ2n) is 7.91. The van der Waals surface area contributed by atoms with Crippen LogP contribution in [0.1, 0.15) is 44.0 Å². The van der Waals surface area contributed by atoms with E-state index >= 15 is 0 Å².